The molecule has 9 atom stereocenters. The molecule has 1 saturated heterocycles. The summed E-state index contributed by atoms with van der Waals surface area (Å²) in [6.45, 7) is 3.44. The fraction of sp³-hybridized carbons (Fsp3) is 0.847. The highest BCUT2D eigenvalue weighted by molar-refractivity contribution is 5.80. The molecule has 1 aliphatic heterocycles. The van der Waals surface area contributed by atoms with Gasteiger partial charge in [-0.3, -0.25) is 4.79 Å². The molecule has 1 aliphatic rings. The number of unbranched alkanes of at least 4 members (excludes halogenated alkanes) is 29. The summed E-state index contributed by atoms with van der Waals surface area (Å²) in [6, 6.07) is -1.20. The van der Waals surface area contributed by atoms with Crippen LogP contribution in [0.2, 0.25) is 0 Å². The van der Waals surface area contributed by atoms with Gasteiger partial charge in [0.05, 0.1) is 25.4 Å². The third kappa shape index (κ3) is 36.1. The van der Waals surface area contributed by atoms with Gasteiger partial charge in [-0.05, 0) is 83.5 Å². The van der Waals surface area contributed by atoms with Gasteiger partial charge in [-0.2, -0.15) is 0 Å². The molecule has 0 bridgehead atoms. The van der Waals surface area contributed by atoms with E-state index in [0.29, 0.717) is 19.3 Å². The van der Waals surface area contributed by atoms with Gasteiger partial charge in [-0.15, -0.1) is 0 Å². The molecular weight excluding hydrogens is 883 g/mol. The third-order valence-corrected chi connectivity index (χ3v) is 13.8. The number of carbonyl (C=O) groups is 1. The van der Waals surface area contributed by atoms with Gasteiger partial charge in [0.25, 0.3) is 0 Å². The molecule has 0 radical (unpaired) electrons. The molecule has 0 aromatic rings. The Balaban J connectivity index is 2.35. The number of hydrogen-bond acceptors (Lipinski definition) is 10. The lowest BCUT2D eigenvalue weighted by molar-refractivity contribution is -0.303. The van der Waals surface area contributed by atoms with Crippen LogP contribution in [0.5, 0.6) is 0 Å². The van der Waals surface area contributed by atoms with E-state index in [0.717, 1.165) is 57.8 Å². The van der Waals surface area contributed by atoms with Crippen molar-refractivity contribution in [2.45, 2.75) is 306 Å². The molecule has 410 valence electrons. The quantitative estimate of drug-likeness (QED) is 0.0215. The fourth-order valence-corrected chi connectivity index (χ4v) is 9.08. The van der Waals surface area contributed by atoms with E-state index in [1.54, 1.807) is 0 Å². The van der Waals surface area contributed by atoms with Crippen LogP contribution in [-0.2, 0) is 14.3 Å². The number of rotatable bonds is 49. The van der Waals surface area contributed by atoms with E-state index in [4.69, 9.17) is 9.47 Å². The summed E-state index contributed by atoms with van der Waals surface area (Å²) in [4.78, 5) is 13.2. The zero-order valence-electron chi connectivity index (χ0n) is 44.7. The molecule has 0 aliphatic carbocycles. The second-order valence-electron chi connectivity index (χ2n) is 20.3. The summed E-state index contributed by atoms with van der Waals surface area (Å²) in [5, 5.41) is 76.1. The van der Waals surface area contributed by atoms with Gasteiger partial charge in [-0.1, -0.05) is 217 Å². The molecule has 1 amide bonds. The highest BCUT2D eigenvalue weighted by atomic mass is 16.7. The third-order valence-electron chi connectivity index (χ3n) is 13.8. The van der Waals surface area contributed by atoms with Gasteiger partial charge in [-0.25, -0.2) is 0 Å². The van der Waals surface area contributed by atoms with E-state index >= 15 is 0 Å². The van der Waals surface area contributed by atoms with E-state index in [-0.39, 0.29) is 12.8 Å². The maximum absolute atomic E-state index is 13.2. The Bertz CT molecular complexity index is 1280. The number of amides is 1. The Morgan fingerprint density at radius 1 is 0.500 bits per heavy atom. The summed E-state index contributed by atoms with van der Waals surface area (Å²) in [5.74, 6) is -0.715. The number of aliphatic hydroxyl groups is 7. The van der Waals surface area contributed by atoms with Crippen molar-refractivity contribution in [2.75, 3.05) is 13.2 Å². The van der Waals surface area contributed by atoms with Gasteiger partial charge >= 0.3 is 0 Å². The fourth-order valence-electron chi connectivity index (χ4n) is 9.08. The molecule has 8 N–H and O–H groups in total. The molecule has 1 rings (SSSR count). The summed E-state index contributed by atoms with van der Waals surface area (Å²) in [7, 11) is 0. The molecule has 70 heavy (non-hydrogen) atoms. The van der Waals surface area contributed by atoms with Crippen molar-refractivity contribution in [2.24, 2.45) is 0 Å². The van der Waals surface area contributed by atoms with Crippen molar-refractivity contribution in [3.63, 3.8) is 0 Å². The number of hydrogen-bond donors (Lipinski definition) is 8. The first-order chi connectivity index (χ1) is 34.2. The maximum atomic E-state index is 13.2. The number of ether oxygens (including phenoxy) is 2. The lowest BCUT2D eigenvalue weighted by atomic mass is 9.98. The van der Waals surface area contributed by atoms with E-state index in [2.05, 4.69) is 67.8 Å². The molecule has 1 heterocycles. The van der Waals surface area contributed by atoms with Crippen LogP contribution in [0.1, 0.15) is 251 Å². The normalized spacial score (nSPS) is 20.6. The molecule has 9 unspecified atom stereocenters. The van der Waals surface area contributed by atoms with Gasteiger partial charge in [0.15, 0.2) is 6.29 Å². The van der Waals surface area contributed by atoms with Crippen LogP contribution >= 0.6 is 0 Å². The molecule has 0 aromatic heterocycles. The van der Waals surface area contributed by atoms with Crippen LogP contribution in [0.15, 0.2) is 48.6 Å². The molecule has 0 saturated carbocycles. The Labute approximate surface area is 428 Å². The standard InChI is InChI=1S/C59H109NO10/c1-3-5-7-9-11-13-15-17-19-21-23-24-25-26-27-29-31-33-35-37-39-41-43-45-47-52(63)58(68)60-50(49-69-59-57(67)56(66)55(65)53(48-61)70-59)54(64)51(62)46-44-42-40-38-36-34-32-30-28-22-20-18-16-14-12-10-8-6-4-2/h23-24,26-27,30,32,38,40,50-57,59,61-67H,3-22,25,28-29,31,33-37,39,41-49H2,1-2H3,(H,60,68)/b24-23-,27-26-,32-30+,40-38+. The number of allylic oxidation sites excluding steroid dienone is 8. The zero-order valence-corrected chi connectivity index (χ0v) is 44.7. The van der Waals surface area contributed by atoms with Gasteiger partial charge in [0, 0.05) is 0 Å². The monoisotopic (exact) mass is 992 g/mol. The smallest absolute Gasteiger partial charge is 0.249 e. The predicted octanol–water partition coefficient (Wildman–Crippen LogP) is 12.1. The largest absolute Gasteiger partial charge is 0.394 e. The van der Waals surface area contributed by atoms with E-state index in [9.17, 15) is 40.5 Å². The first kappa shape index (κ1) is 66.1. The average Bonchev–Trinajstić information content (AvgIpc) is 3.36. The summed E-state index contributed by atoms with van der Waals surface area (Å²) in [6.07, 6.45) is 48.8. The predicted molar refractivity (Wildman–Crippen MR) is 288 cm³/mol. The molecule has 11 nitrogen and oxygen atoms in total. The van der Waals surface area contributed by atoms with Crippen molar-refractivity contribution >= 4 is 5.91 Å². The molecule has 0 aromatic carbocycles. The van der Waals surface area contributed by atoms with Crippen LogP contribution in [0.4, 0.5) is 0 Å². The first-order valence-corrected chi connectivity index (χ1v) is 29.0. The molecule has 0 spiro atoms. The summed E-state index contributed by atoms with van der Waals surface area (Å²) < 4.78 is 11.1. The molecule has 1 fully saturated rings. The molecular formula is C59H109NO10. The second-order valence-corrected chi connectivity index (χ2v) is 20.3. The van der Waals surface area contributed by atoms with E-state index in [1.165, 1.54) is 148 Å². The number of aliphatic hydroxyl groups excluding tert-OH is 7. The zero-order chi connectivity index (χ0) is 51.1. The minimum absolute atomic E-state index is 0.243. The maximum Gasteiger partial charge on any atom is 0.249 e. The minimum atomic E-state index is -1.67. The lowest BCUT2D eigenvalue weighted by Crippen LogP contribution is -2.60. The SMILES string of the molecule is CCCCCCCCCCC/C=C\C/C=C\CCCCCCCCCCC(O)C(=O)NC(COC1OC(CO)C(O)C(O)C1O)C(O)C(O)CCC/C=C/CC/C=C/CCCCCCCCCCCC. The van der Waals surface area contributed by atoms with Crippen molar-refractivity contribution in [1.29, 1.82) is 0 Å². The Kier molecular flexibility index (Phi) is 45.3. The number of nitrogens with one attached hydrogen (secondary N) is 1. The van der Waals surface area contributed by atoms with Crippen molar-refractivity contribution in [3.05, 3.63) is 48.6 Å². The van der Waals surface area contributed by atoms with Crippen LogP contribution < -0.4 is 5.32 Å². The Hall–Kier alpha value is -1.93. The van der Waals surface area contributed by atoms with E-state index < -0.39 is 74.2 Å². The summed E-state index contributed by atoms with van der Waals surface area (Å²) in [5.41, 5.74) is 0. The van der Waals surface area contributed by atoms with E-state index in [1.807, 2.05) is 0 Å². The average molecular weight is 993 g/mol. The summed E-state index contributed by atoms with van der Waals surface area (Å²) >= 11 is 0. The van der Waals surface area contributed by atoms with Gasteiger partial charge in [0.2, 0.25) is 5.91 Å². The molecule has 11 heteroatoms. The van der Waals surface area contributed by atoms with Crippen molar-refractivity contribution in [3.8, 4) is 0 Å². The van der Waals surface area contributed by atoms with Crippen molar-refractivity contribution in [1.82, 2.24) is 5.32 Å². The first-order valence-electron chi connectivity index (χ1n) is 29.0. The minimum Gasteiger partial charge on any atom is -0.394 e. The van der Waals surface area contributed by atoms with Gasteiger partial charge in [0.1, 0.15) is 36.6 Å². The number of carbonyl (C=O) groups excluding carboxylic acids is 1. The Morgan fingerprint density at radius 3 is 1.36 bits per heavy atom. The highest BCUT2D eigenvalue weighted by Gasteiger charge is 2.44. The highest BCUT2D eigenvalue weighted by Crippen LogP contribution is 2.23. The van der Waals surface area contributed by atoms with Crippen molar-refractivity contribution < 1.29 is 50.0 Å². The van der Waals surface area contributed by atoms with Crippen LogP contribution in [-0.4, -0.2) is 110 Å². The van der Waals surface area contributed by atoms with Crippen LogP contribution in [0.3, 0.4) is 0 Å². The topological polar surface area (TPSA) is 189 Å². The van der Waals surface area contributed by atoms with Crippen LogP contribution in [0, 0.1) is 0 Å². The Morgan fingerprint density at radius 2 is 0.900 bits per heavy atom. The lowest BCUT2D eigenvalue weighted by Gasteiger charge is -2.40. The second kappa shape index (κ2) is 48.0. The van der Waals surface area contributed by atoms with Crippen LogP contribution in [0.25, 0.3) is 0 Å². The van der Waals surface area contributed by atoms with Gasteiger partial charge < -0.3 is 50.5 Å².